The third-order valence-electron chi connectivity index (χ3n) is 3.90. The van der Waals surface area contributed by atoms with Crippen molar-refractivity contribution in [3.05, 3.63) is 0 Å². The van der Waals surface area contributed by atoms with E-state index in [1.54, 1.807) is 0 Å². The highest BCUT2D eigenvalue weighted by Crippen LogP contribution is 2.22. The van der Waals surface area contributed by atoms with E-state index in [0.717, 1.165) is 45.7 Å². The number of carbonyl (C=O) groups excluding carboxylic acids is 1. The van der Waals surface area contributed by atoms with E-state index in [4.69, 9.17) is 9.47 Å². The van der Waals surface area contributed by atoms with Crippen molar-refractivity contribution < 1.29 is 14.3 Å². The molecule has 2 saturated heterocycles. The molecule has 0 atom stereocenters. The summed E-state index contributed by atoms with van der Waals surface area (Å²) in [5, 5.41) is 0. The Kier molecular flexibility index (Phi) is 4.25. The molecule has 0 aliphatic carbocycles. The predicted octanol–water partition coefficient (Wildman–Crippen LogP) is 0.692. The van der Waals surface area contributed by atoms with Gasteiger partial charge in [0.1, 0.15) is 0 Å². The first kappa shape index (κ1) is 13.8. The van der Waals surface area contributed by atoms with Gasteiger partial charge in [-0.2, -0.15) is 0 Å². The molecule has 2 aliphatic heterocycles. The molecular formula is C13H24N2O3. The second-order valence-corrected chi connectivity index (χ2v) is 5.59. The van der Waals surface area contributed by atoms with Crippen molar-refractivity contribution in [2.24, 2.45) is 0 Å². The first-order valence-corrected chi connectivity index (χ1v) is 6.75. The van der Waals surface area contributed by atoms with Crippen LogP contribution in [0.3, 0.4) is 0 Å². The molecule has 0 unspecified atom stereocenters. The Morgan fingerprint density at radius 3 is 2.61 bits per heavy atom. The molecule has 1 amide bonds. The van der Waals surface area contributed by atoms with Crippen LogP contribution in [0.1, 0.15) is 26.7 Å². The highest BCUT2D eigenvalue weighted by molar-refractivity contribution is 5.86. The van der Waals surface area contributed by atoms with Gasteiger partial charge < -0.3 is 14.4 Å². The number of ether oxygens (including phenoxy) is 2. The minimum Gasteiger partial charge on any atom is -0.353 e. The molecule has 2 fully saturated rings. The van der Waals surface area contributed by atoms with Crippen LogP contribution in [0.25, 0.3) is 0 Å². The third-order valence-corrected chi connectivity index (χ3v) is 3.90. The minimum atomic E-state index is -0.415. The smallest absolute Gasteiger partial charge is 0.242 e. The van der Waals surface area contributed by atoms with Crippen LogP contribution in [0.2, 0.25) is 0 Å². The number of piperazine rings is 1. The number of likely N-dealkylation sites (N-methyl/N-ethyl adjacent to an activating group) is 1. The van der Waals surface area contributed by atoms with Crippen LogP contribution in [-0.2, 0) is 14.3 Å². The molecule has 0 aromatic rings. The van der Waals surface area contributed by atoms with Gasteiger partial charge in [-0.15, -0.1) is 0 Å². The molecule has 5 nitrogen and oxygen atoms in total. The molecule has 5 heteroatoms. The van der Waals surface area contributed by atoms with Gasteiger partial charge in [-0.05, 0) is 20.3 Å². The highest BCUT2D eigenvalue weighted by atomic mass is 16.7. The van der Waals surface area contributed by atoms with Gasteiger partial charge in [0.25, 0.3) is 0 Å². The summed E-state index contributed by atoms with van der Waals surface area (Å²) >= 11 is 0. The minimum absolute atomic E-state index is 0.0932. The monoisotopic (exact) mass is 256 g/mol. The summed E-state index contributed by atoms with van der Waals surface area (Å²) in [7, 11) is 1.87. The van der Waals surface area contributed by atoms with Gasteiger partial charge in [0, 0.05) is 33.1 Å². The summed E-state index contributed by atoms with van der Waals surface area (Å²) in [5.74, 6) is 0.194. The van der Waals surface area contributed by atoms with Crippen molar-refractivity contribution in [2.75, 3.05) is 39.9 Å². The average molecular weight is 256 g/mol. The number of rotatable bonds is 3. The van der Waals surface area contributed by atoms with Crippen LogP contribution in [0.4, 0.5) is 0 Å². The van der Waals surface area contributed by atoms with Crippen LogP contribution < -0.4 is 0 Å². The van der Waals surface area contributed by atoms with E-state index in [0.29, 0.717) is 0 Å². The van der Waals surface area contributed by atoms with Gasteiger partial charge in [-0.3, -0.25) is 9.69 Å². The predicted molar refractivity (Wildman–Crippen MR) is 68.2 cm³/mol. The number of carbonyl (C=O) groups is 1. The number of hydrogen-bond acceptors (Lipinski definition) is 4. The molecular weight excluding hydrogens is 232 g/mol. The van der Waals surface area contributed by atoms with Gasteiger partial charge in [-0.25, -0.2) is 0 Å². The Morgan fingerprint density at radius 2 is 1.94 bits per heavy atom. The lowest BCUT2D eigenvalue weighted by atomic mass is 9.97. The fraction of sp³-hybridized carbons (Fsp3) is 0.923. The molecule has 0 radical (unpaired) electrons. The maximum absolute atomic E-state index is 12.1. The van der Waals surface area contributed by atoms with Crippen molar-refractivity contribution in [2.45, 2.75) is 38.5 Å². The van der Waals surface area contributed by atoms with Crippen LogP contribution in [0.5, 0.6) is 0 Å². The van der Waals surface area contributed by atoms with E-state index in [1.807, 2.05) is 25.8 Å². The zero-order valence-corrected chi connectivity index (χ0v) is 11.6. The van der Waals surface area contributed by atoms with Crippen molar-refractivity contribution in [3.63, 3.8) is 0 Å². The van der Waals surface area contributed by atoms with Crippen molar-refractivity contribution in [1.29, 1.82) is 0 Å². The molecule has 0 aromatic heterocycles. The quantitative estimate of drug-likeness (QED) is 0.745. The zero-order chi connectivity index (χ0) is 13.2. The van der Waals surface area contributed by atoms with E-state index < -0.39 is 5.54 Å². The Balaban J connectivity index is 1.86. The SMILES string of the molecule is CN1CCN(CCC2OCCCO2)C(C)(C)C1=O. The number of nitrogens with zero attached hydrogens (tertiary/aromatic N) is 2. The van der Waals surface area contributed by atoms with Gasteiger partial charge in [-0.1, -0.05) is 0 Å². The lowest BCUT2D eigenvalue weighted by Crippen LogP contribution is -2.62. The summed E-state index contributed by atoms with van der Waals surface area (Å²) in [6.07, 6.45) is 1.72. The summed E-state index contributed by atoms with van der Waals surface area (Å²) < 4.78 is 11.1. The lowest BCUT2D eigenvalue weighted by molar-refractivity contribution is -0.185. The fourth-order valence-electron chi connectivity index (χ4n) is 2.61. The molecule has 2 rings (SSSR count). The average Bonchev–Trinajstić information content (AvgIpc) is 2.37. The highest BCUT2D eigenvalue weighted by Gasteiger charge is 2.40. The van der Waals surface area contributed by atoms with Gasteiger partial charge in [0.2, 0.25) is 5.91 Å². The van der Waals surface area contributed by atoms with E-state index in [2.05, 4.69) is 4.90 Å². The molecule has 0 aromatic carbocycles. The Morgan fingerprint density at radius 1 is 1.28 bits per heavy atom. The Labute approximate surface area is 109 Å². The number of amides is 1. The summed E-state index contributed by atoms with van der Waals surface area (Å²) in [6, 6.07) is 0. The van der Waals surface area contributed by atoms with Gasteiger partial charge in [0.05, 0.1) is 18.8 Å². The molecule has 0 spiro atoms. The molecule has 18 heavy (non-hydrogen) atoms. The second kappa shape index (κ2) is 5.55. The second-order valence-electron chi connectivity index (χ2n) is 5.59. The Hall–Kier alpha value is -0.650. The standard InChI is InChI=1S/C13H24N2O3/c1-13(2)12(16)14(3)7-8-15(13)6-5-11-17-9-4-10-18-11/h11H,4-10H2,1-3H3. The van der Waals surface area contributed by atoms with Crippen LogP contribution >= 0.6 is 0 Å². The van der Waals surface area contributed by atoms with Crippen LogP contribution in [-0.4, -0.2) is 67.4 Å². The van der Waals surface area contributed by atoms with E-state index in [-0.39, 0.29) is 12.2 Å². The van der Waals surface area contributed by atoms with Crippen molar-refractivity contribution >= 4 is 5.91 Å². The first-order chi connectivity index (χ1) is 8.51. The molecule has 2 aliphatic rings. The topological polar surface area (TPSA) is 42.0 Å². The summed E-state index contributed by atoms with van der Waals surface area (Å²) in [5.41, 5.74) is -0.415. The van der Waals surface area contributed by atoms with E-state index in [9.17, 15) is 4.79 Å². The Bertz CT molecular complexity index is 301. The fourth-order valence-corrected chi connectivity index (χ4v) is 2.61. The number of hydrogen-bond donors (Lipinski definition) is 0. The lowest BCUT2D eigenvalue weighted by Gasteiger charge is -2.45. The molecule has 0 N–H and O–H groups in total. The normalized spacial score (nSPS) is 26.6. The first-order valence-electron chi connectivity index (χ1n) is 6.75. The molecule has 104 valence electrons. The largest absolute Gasteiger partial charge is 0.353 e. The van der Waals surface area contributed by atoms with Gasteiger partial charge in [0.15, 0.2) is 6.29 Å². The van der Waals surface area contributed by atoms with E-state index in [1.165, 1.54) is 0 Å². The molecule has 2 heterocycles. The summed E-state index contributed by atoms with van der Waals surface area (Å²) in [4.78, 5) is 16.2. The maximum Gasteiger partial charge on any atom is 0.242 e. The molecule has 0 bridgehead atoms. The summed E-state index contributed by atoms with van der Waals surface area (Å²) in [6.45, 7) is 8.13. The van der Waals surface area contributed by atoms with Crippen LogP contribution in [0.15, 0.2) is 0 Å². The van der Waals surface area contributed by atoms with Crippen LogP contribution in [0, 0.1) is 0 Å². The van der Waals surface area contributed by atoms with Crippen molar-refractivity contribution in [1.82, 2.24) is 9.80 Å². The van der Waals surface area contributed by atoms with E-state index >= 15 is 0 Å². The van der Waals surface area contributed by atoms with Crippen molar-refractivity contribution in [3.8, 4) is 0 Å². The van der Waals surface area contributed by atoms with Gasteiger partial charge >= 0.3 is 0 Å². The maximum atomic E-state index is 12.1. The zero-order valence-electron chi connectivity index (χ0n) is 11.6. The third kappa shape index (κ3) is 2.84. The molecule has 0 saturated carbocycles.